The zero-order valence-corrected chi connectivity index (χ0v) is 3.98. The van der Waals surface area contributed by atoms with E-state index in [1.807, 2.05) is 0 Å². The Balaban J connectivity index is 0. The van der Waals surface area contributed by atoms with Crippen LogP contribution in [0.4, 0.5) is 0 Å². The van der Waals surface area contributed by atoms with Crippen LogP contribution in [-0.4, -0.2) is 17.4 Å². The van der Waals surface area contributed by atoms with Crippen LogP contribution in [0.5, 0.6) is 0 Å². The fourth-order valence-electron chi connectivity index (χ4n) is 0. The van der Waals surface area contributed by atoms with E-state index < -0.39 is 0 Å². The van der Waals surface area contributed by atoms with Crippen LogP contribution < -0.4 is 0 Å². The van der Waals surface area contributed by atoms with Crippen LogP contribution >= 0.6 is 0 Å². The van der Waals surface area contributed by atoms with E-state index in [4.69, 9.17) is 0 Å². The van der Waals surface area contributed by atoms with Gasteiger partial charge in [-0.15, -0.1) is 0 Å². The summed E-state index contributed by atoms with van der Waals surface area (Å²) in [5.74, 6) is 0. The molecule has 0 N–H and O–H groups in total. The van der Waals surface area contributed by atoms with Gasteiger partial charge in [-0.1, -0.05) is 0 Å². The normalized spacial score (nSPS) is 0. The second-order valence-corrected chi connectivity index (χ2v) is 0. The van der Waals surface area contributed by atoms with Crippen LogP contribution in [0.25, 0.3) is 0 Å². The van der Waals surface area contributed by atoms with Gasteiger partial charge in [-0.05, 0) is 0 Å². The maximum absolute atomic E-state index is 0. The van der Waals surface area contributed by atoms with E-state index in [-0.39, 0.29) is 67.1 Å². The average molecular weight is 206 g/mol. The fraction of sp³-hybridized carbons (Fsp3) is 0. The standard InChI is InChI=1S/Al.Co.2Ni.3H. The topological polar surface area (TPSA) is 0 Å². The van der Waals surface area contributed by atoms with Gasteiger partial charge in [-0.25, -0.2) is 0 Å². The van der Waals surface area contributed by atoms with Gasteiger partial charge in [0.25, 0.3) is 0 Å². The van der Waals surface area contributed by atoms with Gasteiger partial charge in [-0.3, -0.25) is 0 Å². The van der Waals surface area contributed by atoms with Crippen molar-refractivity contribution in [3.63, 3.8) is 0 Å². The van der Waals surface area contributed by atoms with Crippen molar-refractivity contribution in [2.24, 2.45) is 0 Å². The summed E-state index contributed by atoms with van der Waals surface area (Å²) in [4.78, 5) is 0. The Kier molecular flexibility index (Phi) is 184. The van der Waals surface area contributed by atoms with Crippen molar-refractivity contribution in [2.45, 2.75) is 0 Å². The van der Waals surface area contributed by atoms with E-state index in [2.05, 4.69) is 0 Å². The summed E-state index contributed by atoms with van der Waals surface area (Å²) in [6.07, 6.45) is 0. The molecule has 0 atom stereocenters. The molecule has 0 aromatic rings. The molecule has 0 saturated heterocycles. The van der Waals surface area contributed by atoms with Gasteiger partial charge >= 0.3 is 0 Å². The van der Waals surface area contributed by atoms with Gasteiger partial charge in [0, 0.05) is 49.8 Å². The Morgan fingerprint density at radius 1 is 0.750 bits per heavy atom. The molecule has 0 heterocycles. The summed E-state index contributed by atoms with van der Waals surface area (Å²) < 4.78 is 0. The van der Waals surface area contributed by atoms with Crippen molar-refractivity contribution < 1.29 is 49.8 Å². The smallest absolute Gasteiger partial charge is 0 e. The van der Waals surface area contributed by atoms with E-state index in [1.165, 1.54) is 0 Å². The monoisotopic (exact) mass is 205 g/mol. The molecule has 0 amide bonds. The van der Waals surface area contributed by atoms with E-state index in [0.717, 1.165) is 0 Å². The van der Waals surface area contributed by atoms with E-state index in [1.54, 1.807) is 0 Å². The quantitative estimate of drug-likeness (QED) is 0.437. The van der Waals surface area contributed by atoms with Gasteiger partial charge in [-0.2, -0.15) is 0 Å². The molecule has 0 nitrogen and oxygen atoms in total. The summed E-state index contributed by atoms with van der Waals surface area (Å²) >= 11 is 0. The SMILES string of the molecule is [AlH3].[Co].[Ni].[Ni]. The molecule has 35 valence electrons. The molecule has 0 spiro atoms. The van der Waals surface area contributed by atoms with Gasteiger partial charge in [0.05, 0.1) is 0 Å². The molecular weight excluding hydrogens is 203 g/mol. The van der Waals surface area contributed by atoms with Crippen molar-refractivity contribution in [3.8, 4) is 0 Å². The average Bonchev–Trinajstić information content (AvgIpc) is 0. The molecular formula is H3AlCoNi2. The summed E-state index contributed by atoms with van der Waals surface area (Å²) in [5.41, 5.74) is 0. The predicted molar refractivity (Wildman–Crippen MR) is 9.94 cm³/mol. The molecule has 4 heavy (non-hydrogen) atoms. The van der Waals surface area contributed by atoms with Gasteiger partial charge in [0.15, 0.2) is 17.4 Å². The van der Waals surface area contributed by atoms with E-state index in [0.29, 0.717) is 0 Å². The Morgan fingerprint density at radius 2 is 0.750 bits per heavy atom. The summed E-state index contributed by atoms with van der Waals surface area (Å²) in [6, 6.07) is 0. The molecule has 1 radical (unpaired) electrons. The van der Waals surface area contributed by atoms with Gasteiger partial charge in [0.2, 0.25) is 0 Å². The van der Waals surface area contributed by atoms with E-state index >= 15 is 0 Å². The molecule has 0 saturated carbocycles. The van der Waals surface area contributed by atoms with E-state index in [9.17, 15) is 0 Å². The van der Waals surface area contributed by atoms with Crippen molar-refractivity contribution in [1.29, 1.82) is 0 Å². The first-order valence-electron chi connectivity index (χ1n) is 0. The first kappa shape index (κ1) is 37.1. The Morgan fingerprint density at radius 3 is 0.750 bits per heavy atom. The van der Waals surface area contributed by atoms with Crippen LogP contribution in [0.3, 0.4) is 0 Å². The summed E-state index contributed by atoms with van der Waals surface area (Å²) in [5, 5.41) is 0. The predicted octanol–water partition coefficient (Wildman–Crippen LogP) is -1.19. The van der Waals surface area contributed by atoms with Crippen LogP contribution in [0.1, 0.15) is 0 Å². The first-order chi connectivity index (χ1) is 0. The molecule has 0 bridgehead atoms. The van der Waals surface area contributed by atoms with Crippen LogP contribution in [0, 0.1) is 0 Å². The molecule has 0 aliphatic rings. The third kappa shape index (κ3) is 8.98. The van der Waals surface area contributed by atoms with Crippen molar-refractivity contribution in [2.75, 3.05) is 0 Å². The van der Waals surface area contributed by atoms with Crippen LogP contribution in [-0.2, 0) is 49.8 Å². The van der Waals surface area contributed by atoms with Gasteiger partial charge < -0.3 is 0 Å². The van der Waals surface area contributed by atoms with Gasteiger partial charge in [0.1, 0.15) is 0 Å². The number of rotatable bonds is 0. The molecule has 0 aromatic carbocycles. The molecule has 0 aromatic heterocycles. The molecule has 0 aliphatic heterocycles. The number of hydrogen-bond acceptors (Lipinski definition) is 0. The zero-order valence-electron chi connectivity index (χ0n) is 0.966. The minimum atomic E-state index is 0. The molecule has 4 heteroatoms. The Labute approximate surface area is 66.7 Å². The molecule has 0 rings (SSSR count). The number of hydrogen-bond donors (Lipinski definition) is 0. The molecule has 0 aliphatic carbocycles. The summed E-state index contributed by atoms with van der Waals surface area (Å²) in [6.45, 7) is 0. The van der Waals surface area contributed by atoms with Crippen molar-refractivity contribution in [1.82, 2.24) is 0 Å². The molecule has 0 unspecified atom stereocenters. The Bertz CT molecular complexity index is 6.00. The van der Waals surface area contributed by atoms with Crippen molar-refractivity contribution >= 4 is 17.4 Å². The molecule has 0 fully saturated rings. The van der Waals surface area contributed by atoms with Crippen LogP contribution in [0.2, 0.25) is 0 Å². The van der Waals surface area contributed by atoms with Crippen molar-refractivity contribution in [3.05, 3.63) is 0 Å². The third-order valence-electron chi connectivity index (χ3n) is 0. The second-order valence-electron chi connectivity index (χ2n) is 0. The maximum Gasteiger partial charge on any atom is 0.187 e. The summed E-state index contributed by atoms with van der Waals surface area (Å²) in [7, 11) is 0. The Hall–Kier alpha value is 2.03. The zero-order chi connectivity index (χ0) is 0. The maximum atomic E-state index is 0. The third-order valence-corrected chi connectivity index (χ3v) is 0. The minimum Gasteiger partial charge on any atom is 0 e. The fourth-order valence-corrected chi connectivity index (χ4v) is 0. The van der Waals surface area contributed by atoms with Crippen LogP contribution in [0.15, 0.2) is 0 Å². The first-order valence-corrected chi connectivity index (χ1v) is 0. The largest absolute Gasteiger partial charge is 0.187 e. The second kappa shape index (κ2) is 19.8. The minimum absolute atomic E-state index is 0.